The summed E-state index contributed by atoms with van der Waals surface area (Å²) in [6.45, 7) is 2.71. The van der Waals surface area contributed by atoms with E-state index in [4.69, 9.17) is 5.26 Å². The van der Waals surface area contributed by atoms with Crippen LogP contribution < -0.4 is 10.2 Å². The van der Waals surface area contributed by atoms with Gasteiger partial charge in [-0.05, 0) is 30.5 Å². The third kappa shape index (κ3) is 3.91. The molecule has 5 heteroatoms. The number of thiophene rings is 1. The second kappa shape index (κ2) is 7.02. The summed E-state index contributed by atoms with van der Waals surface area (Å²) in [5, 5.41) is 13.9. The van der Waals surface area contributed by atoms with Gasteiger partial charge >= 0.3 is 0 Å². The molecule has 1 heterocycles. The van der Waals surface area contributed by atoms with Crippen LogP contribution >= 0.6 is 11.3 Å². The molecular formula is C16H18N3OS+. The molecule has 0 aliphatic rings. The van der Waals surface area contributed by atoms with Gasteiger partial charge in [0.05, 0.1) is 23.2 Å². The zero-order valence-electron chi connectivity index (χ0n) is 12.1. The molecule has 0 fully saturated rings. The van der Waals surface area contributed by atoms with Crippen molar-refractivity contribution in [1.82, 2.24) is 0 Å². The van der Waals surface area contributed by atoms with Gasteiger partial charge in [0.1, 0.15) is 12.6 Å². The van der Waals surface area contributed by atoms with E-state index in [1.165, 1.54) is 4.88 Å². The number of nitrogens with one attached hydrogen (secondary N) is 2. The number of benzene rings is 1. The summed E-state index contributed by atoms with van der Waals surface area (Å²) in [5.41, 5.74) is 1.05. The van der Waals surface area contributed by atoms with Crippen molar-refractivity contribution in [3.63, 3.8) is 0 Å². The van der Waals surface area contributed by atoms with E-state index in [2.05, 4.69) is 17.5 Å². The maximum Gasteiger partial charge on any atom is 0.282 e. The third-order valence-electron chi connectivity index (χ3n) is 3.47. The fourth-order valence-electron chi connectivity index (χ4n) is 2.00. The predicted octanol–water partition coefficient (Wildman–Crippen LogP) is 1.66. The molecule has 1 aromatic heterocycles. The highest BCUT2D eigenvalue weighted by atomic mass is 32.1. The number of rotatable bonds is 5. The first kappa shape index (κ1) is 15.2. The van der Waals surface area contributed by atoms with Crippen molar-refractivity contribution in [1.29, 1.82) is 5.26 Å². The van der Waals surface area contributed by atoms with E-state index in [-0.39, 0.29) is 11.9 Å². The molecule has 2 rings (SSSR count). The van der Waals surface area contributed by atoms with Crippen LogP contribution in [0, 0.1) is 11.3 Å². The molecule has 108 valence electrons. The lowest BCUT2D eigenvalue weighted by atomic mass is 10.2. The van der Waals surface area contributed by atoms with Crippen LogP contribution in [0.4, 0.5) is 5.69 Å². The molecule has 2 N–H and O–H groups in total. The van der Waals surface area contributed by atoms with Gasteiger partial charge in [0, 0.05) is 0 Å². The highest BCUT2D eigenvalue weighted by molar-refractivity contribution is 7.09. The van der Waals surface area contributed by atoms with Crippen LogP contribution in [0.25, 0.3) is 0 Å². The second-order valence-electron chi connectivity index (χ2n) is 4.97. The van der Waals surface area contributed by atoms with E-state index in [1.807, 2.05) is 31.5 Å². The Morgan fingerprint density at radius 2 is 2.14 bits per heavy atom. The summed E-state index contributed by atoms with van der Waals surface area (Å²) in [7, 11) is 2.00. The second-order valence-corrected chi connectivity index (χ2v) is 6.00. The summed E-state index contributed by atoms with van der Waals surface area (Å²) >= 11 is 1.69. The van der Waals surface area contributed by atoms with Crippen LogP contribution in [0.5, 0.6) is 0 Å². The first-order chi connectivity index (χ1) is 10.1. The molecule has 0 bridgehead atoms. The standard InChI is InChI=1S/C16H17N3OS/c1-12(19(2)11-14-7-5-9-21-14)16(20)18-15-8-4-3-6-13(15)10-17/h3-9,12H,11H2,1-2H3,(H,18,20)/p+1/t12-/m0/s1. The van der Waals surface area contributed by atoms with E-state index in [9.17, 15) is 4.79 Å². The summed E-state index contributed by atoms with van der Waals surface area (Å²) in [6.07, 6.45) is 0. The summed E-state index contributed by atoms with van der Waals surface area (Å²) in [6, 6.07) is 13.0. The average molecular weight is 300 g/mol. The number of likely N-dealkylation sites (N-methyl/N-ethyl adjacent to an activating group) is 1. The van der Waals surface area contributed by atoms with Crippen molar-refractivity contribution in [3.05, 3.63) is 52.2 Å². The van der Waals surface area contributed by atoms with E-state index in [0.29, 0.717) is 11.3 Å². The van der Waals surface area contributed by atoms with Crippen LogP contribution in [0.15, 0.2) is 41.8 Å². The molecule has 0 aliphatic heterocycles. The van der Waals surface area contributed by atoms with E-state index < -0.39 is 0 Å². The third-order valence-corrected chi connectivity index (χ3v) is 4.35. The molecule has 1 aromatic carbocycles. The maximum atomic E-state index is 12.3. The van der Waals surface area contributed by atoms with E-state index >= 15 is 0 Å². The molecule has 4 nitrogen and oxygen atoms in total. The molecule has 2 aromatic rings. The maximum absolute atomic E-state index is 12.3. The molecule has 0 saturated carbocycles. The van der Waals surface area contributed by atoms with E-state index in [0.717, 1.165) is 11.4 Å². The lowest BCUT2D eigenvalue weighted by Gasteiger charge is -2.20. The fraction of sp³-hybridized carbons (Fsp3) is 0.250. The molecule has 0 saturated heterocycles. The Morgan fingerprint density at radius 3 is 2.81 bits per heavy atom. The Morgan fingerprint density at radius 1 is 1.38 bits per heavy atom. The van der Waals surface area contributed by atoms with Gasteiger partial charge in [-0.3, -0.25) is 4.79 Å². The zero-order chi connectivity index (χ0) is 15.2. The minimum Gasteiger partial charge on any atom is -0.323 e. The molecule has 0 spiro atoms. The number of hydrogen-bond donors (Lipinski definition) is 2. The number of nitriles is 1. The Hall–Kier alpha value is -2.16. The monoisotopic (exact) mass is 300 g/mol. The van der Waals surface area contributed by atoms with Gasteiger partial charge in [-0.15, -0.1) is 11.3 Å². The smallest absolute Gasteiger partial charge is 0.282 e. The molecule has 21 heavy (non-hydrogen) atoms. The molecule has 0 radical (unpaired) electrons. The lowest BCUT2D eigenvalue weighted by molar-refractivity contribution is -0.907. The lowest BCUT2D eigenvalue weighted by Crippen LogP contribution is -3.12. The Balaban J connectivity index is 2.01. The van der Waals surface area contributed by atoms with Gasteiger partial charge in [0.25, 0.3) is 5.91 Å². The van der Waals surface area contributed by atoms with Gasteiger partial charge in [0.2, 0.25) is 0 Å². The first-order valence-electron chi connectivity index (χ1n) is 6.76. The van der Waals surface area contributed by atoms with Crippen molar-refractivity contribution < 1.29 is 9.69 Å². The number of hydrogen-bond acceptors (Lipinski definition) is 3. The number of anilines is 1. The summed E-state index contributed by atoms with van der Waals surface area (Å²) in [4.78, 5) is 14.7. The number of amides is 1. The minimum atomic E-state index is -0.196. The Kier molecular flexibility index (Phi) is 5.09. The van der Waals surface area contributed by atoms with Gasteiger partial charge in [-0.25, -0.2) is 0 Å². The van der Waals surface area contributed by atoms with Crippen LogP contribution in [-0.2, 0) is 11.3 Å². The predicted molar refractivity (Wildman–Crippen MR) is 84.2 cm³/mol. The van der Waals surface area contributed by atoms with Crippen molar-refractivity contribution >= 4 is 22.9 Å². The molecule has 2 atom stereocenters. The zero-order valence-corrected chi connectivity index (χ0v) is 12.9. The molecule has 0 aliphatic carbocycles. The summed E-state index contributed by atoms with van der Waals surface area (Å²) < 4.78 is 0. The SMILES string of the molecule is C[C@@H](C(=O)Nc1ccccc1C#N)[NH+](C)Cc1cccs1. The average Bonchev–Trinajstić information content (AvgIpc) is 2.99. The van der Waals surface area contributed by atoms with Gasteiger partial charge in [-0.1, -0.05) is 18.2 Å². The number of para-hydroxylation sites is 1. The molecule has 1 unspecified atom stereocenters. The van der Waals surface area contributed by atoms with Crippen LogP contribution in [-0.4, -0.2) is 19.0 Å². The van der Waals surface area contributed by atoms with Crippen molar-refractivity contribution in [3.8, 4) is 6.07 Å². The quantitative estimate of drug-likeness (QED) is 0.882. The van der Waals surface area contributed by atoms with Crippen LogP contribution in [0.1, 0.15) is 17.4 Å². The first-order valence-corrected chi connectivity index (χ1v) is 7.64. The number of carbonyl (C=O) groups is 1. The topological polar surface area (TPSA) is 57.3 Å². The number of carbonyl (C=O) groups excluding carboxylic acids is 1. The van der Waals surface area contributed by atoms with Crippen LogP contribution in [0.3, 0.4) is 0 Å². The number of quaternary nitrogens is 1. The van der Waals surface area contributed by atoms with E-state index in [1.54, 1.807) is 29.5 Å². The largest absolute Gasteiger partial charge is 0.323 e. The highest BCUT2D eigenvalue weighted by Gasteiger charge is 2.22. The molecular weight excluding hydrogens is 282 g/mol. The normalized spacial score (nSPS) is 13.2. The van der Waals surface area contributed by atoms with Crippen molar-refractivity contribution in [2.75, 3.05) is 12.4 Å². The minimum absolute atomic E-state index is 0.0771. The van der Waals surface area contributed by atoms with Crippen molar-refractivity contribution in [2.24, 2.45) is 0 Å². The van der Waals surface area contributed by atoms with Gasteiger partial charge < -0.3 is 10.2 Å². The number of nitrogens with zero attached hydrogens (tertiary/aromatic N) is 1. The Bertz CT molecular complexity index is 646. The Labute approximate surface area is 128 Å². The summed E-state index contributed by atoms with van der Waals surface area (Å²) in [5.74, 6) is -0.0771. The highest BCUT2D eigenvalue weighted by Crippen LogP contribution is 2.13. The fourth-order valence-corrected chi connectivity index (χ4v) is 2.80. The molecule has 1 amide bonds. The van der Waals surface area contributed by atoms with Gasteiger partial charge in [-0.2, -0.15) is 5.26 Å². The van der Waals surface area contributed by atoms with Crippen LogP contribution in [0.2, 0.25) is 0 Å². The van der Waals surface area contributed by atoms with Crippen molar-refractivity contribution in [2.45, 2.75) is 19.5 Å². The van der Waals surface area contributed by atoms with Gasteiger partial charge in [0.15, 0.2) is 6.04 Å².